The Balaban J connectivity index is 1.96. The molecule has 3 rings (SSSR count). The third kappa shape index (κ3) is 2.89. The van der Waals surface area contributed by atoms with Gasteiger partial charge >= 0.3 is 0 Å². The maximum absolute atomic E-state index is 11.4. The molecule has 6 heteroatoms. The molecular weight excluding hydrogens is 292 g/mol. The molecule has 0 fully saturated rings. The molecule has 0 saturated carbocycles. The number of hydrogen-bond donors (Lipinski definition) is 2. The first-order valence-corrected chi connectivity index (χ1v) is 7.10. The van der Waals surface area contributed by atoms with Crippen LogP contribution >= 0.6 is 11.6 Å². The van der Waals surface area contributed by atoms with Crippen LogP contribution in [0.4, 0.5) is 5.69 Å². The summed E-state index contributed by atoms with van der Waals surface area (Å²) < 4.78 is 10.9. The van der Waals surface area contributed by atoms with Gasteiger partial charge in [0.15, 0.2) is 11.8 Å². The summed E-state index contributed by atoms with van der Waals surface area (Å²) in [5.74, 6) is 1.25. The molecule has 110 valence electrons. The van der Waals surface area contributed by atoms with E-state index in [2.05, 4.69) is 10.6 Å². The summed E-state index contributed by atoms with van der Waals surface area (Å²) in [6.45, 7) is 2.83. The molecule has 0 bridgehead atoms. The first-order chi connectivity index (χ1) is 10.2. The topological polar surface area (TPSA) is 63.5 Å². The largest absolute Gasteiger partial charge is 0.482 e. The van der Waals surface area contributed by atoms with Gasteiger partial charge in [-0.2, -0.15) is 0 Å². The molecule has 1 aliphatic rings. The predicted octanol–water partition coefficient (Wildman–Crippen LogP) is 2.96. The minimum absolute atomic E-state index is 0.0524. The molecule has 0 radical (unpaired) electrons. The first kappa shape index (κ1) is 14.0. The number of halogens is 1. The standard InChI is InChI=1S/C15H15ClN2O3/c1-2-17-15(12-5-6-13(16)21-12)9-3-4-11-10(7-9)18-14(19)8-20-11/h3-7,15,17H,2,8H2,1H3,(H,18,19). The fourth-order valence-corrected chi connectivity index (χ4v) is 2.50. The van der Waals surface area contributed by atoms with Crippen LogP contribution in [0.3, 0.4) is 0 Å². The second kappa shape index (κ2) is 5.79. The third-order valence-corrected chi connectivity index (χ3v) is 3.46. The minimum atomic E-state index is -0.152. The van der Waals surface area contributed by atoms with E-state index >= 15 is 0 Å². The lowest BCUT2D eigenvalue weighted by Crippen LogP contribution is -2.26. The number of nitrogens with one attached hydrogen (secondary N) is 2. The Hall–Kier alpha value is -1.98. The van der Waals surface area contributed by atoms with E-state index in [-0.39, 0.29) is 18.6 Å². The number of carbonyl (C=O) groups is 1. The quantitative estimate of drug-likeness (QED) is 0.911. The monoisotopic (exact) mass is 306 g/mol. The maximum atomic E-state index is 11.4. The molecular formula is C15H15ClN2O3. The third-order valence-electron chi connectivity index (χ3n) is 3.26. The highest BCUT2D eigenvalue weighted by molar-refractivity contribution is 6.28. The van der Waals surface area contributed by atoms with Gasteiger partial charge in [0.2, 0.25) is 0 Å². The molecule has 1 unspecified atom stereocenters. The maximum Gasteiger partial charge on any atom is 0.262 e. The molecule has 1 aliphatic heterocycles. The second-order valence-corrected chi connectivity index (χ2v) is 5.10. The Morgan fingerprint density at radius 1 is 1.38 bits per heavy atom. The van der Waals surface area contributed by atoms with Gasteiger partial charge in [0, 0.05) is 0 Å². The molecule has 2 N–H and O–H groups in total. The van der Waals surface area contributed by atoms with E-state index in [1.54, 1.807) is 6.07 Å². The zero-order valence-corrected chi connectivity index (χ0v) is 12.2. The van der Waals surface area contributed by atoms with Crippen molar-refractivity contribution in [1.82, 2.24) is 5.32 Å². The lowest BCUT2D eigenvalue weighted by atomic mass is 10.0. The minimum Gasteiger partial charge on any atom is -0.482 e. The molecule has 0 aliphatic carbocycles. The summed E-state index contributed by atoms with van der Waals surface area (Å²) in [7, 11) is 0. The highest BCUT2D eigenvalue weighted by atomic mass is 35.5. The van der Waals surface area contributed by atoms with Crippen molar-refractivity contribution in [3.05, 3.63) is 46.9 Å². The fraction of sp³-hybridized carbons (Fsp3) is 0.267. The van der Waals surface area contributed by atoms with Crippen molar-refractivity contribution in [3.8, 4) is 5.75 Å². The van der Waals surface area contributed by atoms with E-state index in [0.717, 1.165) is 17.9 Å². The number of hydrogen-bond acceptors (Lipinski definition) is 4. The highest BCUT2D eigenvalue weighted by Crippen LogP contribution is 2.33. The number of ether oxygens (including phenoxy) is 1. The summed E-state index contributed by atoms with van der Waals surface area (Å²) in [4.78, 5) is 11.4. The van der Waals surface area contributed by atoms with Crippen LogP contribution in [0.2, 0.25) is 5.22 Å². The van der Waals surface area contributed by atoms with Gasteiger partial charge in [-0.25, -0.2) is 0 Å². The van der Waals surface area contributed by atoms with Gasteiger partial charge in [0.25, 0.3) is 5.91 Å². The number of anilines is 1. The van der Waals surface area contributed by atoms with E-state index in [0.29, 0.717) is 16.7 Å². The van der Waals surface area contributed by atoms with E-state index in [4.69, 9.17) is 20.8 Å². The average Bonchev–Trinajstić information content (AvgIpc) is 2.90. The highest BCUT2D eigenvalue weighted by Gasteiger charge is 2.21. The second-order valence-electron chi connectivity index (χ2n) is 4.73. The van der Waals surface area contributed by atoms with Crippen LogP contribution in [0, 0.1) is 0 Å². The molecule has 2 heterocycles. The zero-order valence-electron chi connectivity index (χ0n) is 11.5. The average molecular weight is 307 g/mol. The van der Waals surface area contributed by atoms with Crippen molar-refractivity contribution in [2.45, 2.75) is 13.0 Å². The number of benzene rings is 1. The van der Waals surface area contributed by atoms with Crippen LogP contribution < -0.4 is 15.4 Å². The Morgan fingerprint density at radius 3 is 2.95 bits per heavy atom. The molecule has 1 amide bonds. The summed E-state index contributed by atoms with van der Waals surface area (Å²) in [5.41, 5.74) is 1.64. The van der Waals surface area contributed by atoms with E-state index < -0.39 is 0 Å². The van der Waals surface area contributed by atoms with Gasteiger partial charge in [0.1, 0.15) is 11.5 Å². The van der Waals surface area contributed by atoms with Gasteiger partial charge in [0.05, 0.1) is 11.7 Å². The van der Waals surface area contributed by atoms with E-state index in [1.165, 1.54) is 0 Å². The molecule has 21 heavy (non-hydrogen) atoms. The first-order valence-electron chi connectivity index (χ1n) is 6.72. The number of rotatable bonds is 4. The summed E-state index contributed by atoms with van der Waals surface area (Å²) in [6.07, 6.45) is 0. The van der Waals surface area contributed by atoms with Gasteiger partial charge < -0.3 is 19.8 Å². The lowest BCUT2D eigenvalue weighted by molar-refractivity contribution is -0.118. The summed E-state index contributed by atoms with van der Waals surface area (Å²) in [6, 6.07) is 9.09. The van der Waals surface area contributed by atoms with Crippen LogP contribution in [0.5, 0.6) is 5.75 Å². The predicted molar refractivity (Wildman–Crippen MR) is 79.8 cm³/mol. The van der Waals surface area contributed by atoms with E-state index in [9.17, 15) is 4.79 Å². The van der Waals surface area contributed by atoms with Gasteiger partial charge in [-0.15, -0.1) is 0 Å². The normalized spacial score (nSPS) is 15.0. The van der Waals surface area contributed by atoms with Crippen LogP contribution in [-0.4, -0.2) is 19.1 Å². The van der Waals surface area contributed by atoms with E-state index in [1.807, 2.05) is 31.2 Å². The Labute approximate surface area is 127 Å². The number of amides is 1. The molecule has 0 spiro atoms. The molecule has 1 aromatic heterocycles. The van der Waals surface area contributed by atoms with Crippen LogP contribution in [-0.2, 0) is 4.79 Å². The molecule has 0 saturated heterocycles. The van der Waals surface area contributed by atoms with Crippen molar-refractivity contribution in [1.29, 1.82) is 0 Å². The van der Waals surface area contributed by atoms with Crippen LogP contribution in [0.25, 0.3) is 0 Å². The van der Waals surface area contributed by atoms with Crippen molar-refractivity contribution in [3.63, 3.8) is 0 Å². The number of furan rings is 1. The molecule has 2 aromatic rings. The summed E-state index contributed by atoms with van der Waals surface area (Å²) >= 11 is 5.86. The molecule has 1 atom stereocenters. The Morgan fingerprint density at radius 2 is 2.24 bits per heavy atom. The van der Waals surface area contributed by atoms with Gasteiger partial charge in [-0.3, -0.25) is 4.79 Å². The van der Waals surface area contributed by atoms with Crippen LogP contribution in [0.1, 0.15) is 24.3 Å². The van der Waals surface area contributed by atoms with Gasteiger partial charge in [-0.05, 0) is 48.0 Å². The number of fused-ring (bicyclic) bond motifs is 1. The van der Waals surface area contributed by atoms with Crippen LogP contribution in [0.15, 0.2) is 34.7 Å². The Kier molecular flexibility index (Phi) is 3.86. The molecule has 5 nitrogen and oxygen atoms in total. The van der Waals surface area contributed by atoms with Gasteiger partial charge in [-0.1, -0.05) is 13.0 Å². The van der Waals surface area contributed by atoms with Crippen molar-refractivity contribution in [2.75, 3.05) is 18.5 Å². The lowest BCUT2D eigenvalue weighted by Gasteiger charge is -2.21. The zero-order chi connectivity index (χ0) is 14.8. The number of carbonyl (C=O) groups excluding carboxylic acids is 1. The molecule has 1 aromatic carbocycles. The van der Waals surface area contributed by atoms with Crippen molar-refractivity contribution < 1.29 is 13.9 Å². The summed E-state index contributed by atoms with van der Waals surface area (Å²) in [5, 5.41) is 6.50. The van der Waals surface area contributed by atoms with Crippen molar-refractivity contribution >= 4 is 23.2 Å². The smallest absolute Gasteiger partial charge is 0.262 e. The SMILES string of the molecule is CCNC(c1ccc2c(c1)NC(=O)CO2)c1ccc(Cl)o1. The van der Waals surface area contributed by atoms with Crippen molar-refractivity contribution in [2.24, 2.45) is 0 Å². The Bertz CT molecular complexity index is 669. The fourth-order valence-electron chi connectivity index (χ4n) is 2.35.